The van der Waals surface area contributed by atoms with E-state index in [1.54, 1.807) is 0 Å². The van der Waals surface area contributed by atoms with Gasteiger partial charge in [0.25, 0.3) is 0 Å². The van der Waals surface area contributed by atoms with Crippen LogP contribution in [0, 0.1) is 17.8 Å². The first-order chi connectivity index (χ1) is 5.19. The Kier molecular flexibility index (Phi) is 2.98. The molecule has 0 nitrogen and oxygen atoms in total. The van der Waals surface area contributed by atoms with Crippen molar-refractivity contribution in [3.05, 3.63) is 6.42 Å². The Morgan fingerprint density at radius 3 is 2.73 bits per heavy atom. The molecule has 1 radical (unpaired) electrons. The first-order valence-corrected chi connectivity index (χ1v) is 5.03. The Hall–Kier alpha value is 0. The zero-order valence-electron chi connectivity index (χ0n) is 8.19. The summed E-state index contributed by atoms with van der Waals surface area (Å²) in [5.74, 6) is 0.913. The summed E-state index contributed by atoms with van der Waals surface area (Å²) in [4.78, 5) is 0. The van der Waals surface area contributed by atoms with Gasteiger partial charge in [-0.3, -0.25) is 0 Å². The van der Waals surface area contributed by atoms with Crippen LogP contribution in [0.2, 0.25) is 0 Å². The molecule has 0 amide bonds. The van der Waals surface area contributed by atoms with Crippen LogP contribution >= 0.6 is 0 Å². The molecule has 1 fully saturated rings. The SMILES string of the molecule is CC[CH]C1(C)CCCCC1C. The second-order valence-corrected chi connectivity index (χ2v) is 4.27. The van der Waals surface area contributed by atoms with Gasteiger partial charge in [-0.1, -0.05) is 46.5 Å². The summed E-state index contributed by atoms with van der Waals surface area (Å²) < 4.78 is 0. The van der Waals surface area contributed by atoms with Gasteiger partial charge in [-0.2, -0.15) is 0 Å². The highest BCUT2D eigenvalue weighted by Gasteiger charge is 2.32. The minimum Gasteiger partial charge on any atom is -0.0651 e. The topological polar surface area (TPSA) is 0 Å². The van der Waals surface area contributed by atoms with E-state index >= 15 is 0 Å². The third-order valence-corrected chi connectivity index (χ3v) is 3.40. The van der Waals surface area contributed by atoms with Gasteiger partial charge in [0.05, 0.1) is 0 Å². The van der Waals surface area contributed by atoms with Gasteiger partial charge in [0, 0.05) is 0 Å². The maximum absolute atomic E-state index is 2.52. The van der Waals surface area contributed by atoms with Gasteiger partial charge in [-0.05, 0) is 24.2 Å². The summed E-state index contributed by atoms with van der Waals surface area (Å²) in [7, 11) is 0. The molecule has 1 saturated carbocycles. The van der Waals surface area contributed by atoms with Crippen molar-refractivity contribution in [1.29, 1.82) is 0 Å². The van der Waals surface area contributed by atoms with Crippen LogP contribution in [-0.4, -0.2) is 0 Å². The molecular weight excluding hydrogens is 132 g/mol. The number of hydrogen-bond donors (Lipinski definition) is 0. The molecule has 1 rings (SSSR count). The fourth-order valence-corrected chi connectivity index (χ4v) is 2.30. The van der Waals surface area contributed by atoms with E-state index in [2.05, 4.69) is 27.2 Å². The number of hydrogen-bond acceptors (Lipinski definition) is 0. The second kappa shape index (κ2) is 3.60. The van der Waals surface area contributed by atoms with Crippen molar-refractivity contribution in [2.75, 3.05) is 0 Å². The van der Waals surface area contributed by atoms with E-state index in [9.17, 15) is 0 Å². The molecule has 0 saturated heterocycles. The van der Waals surface area contributed by atoms with Crippen LogP contribution in [0.1, 0.15) is 52.9 Å². The molecule has 0 heteroatoms. The highest BCUT2D eigenvalue weighted by molar-refractivity contribution is 4.93. The lowest BCUT2D eigenvalue weighted by molar-refractivity contribution is 0.165. The Balaban J connectivity index is 2.49. The largest absolute Gasteiger partial charge is 0.0651 e. The standard InChI is InChI=1S/C11H21/c1-4-8-11(3)9-6-5-7-10(11)2/h8,10H,4-7,9H2,1-3H3. The highest BCUT2D eigenvalue weighted by Crippen LogP contribution is 2.43. The van der Waals surface area contributed by atoms with E-state index in [1.807, 2.05) is 0 Å². The third-order valence-electron chi connectivity index (χ3n) is 3.40. The molecule has 0 aromatic heterocycles. The fourth-order valence-electron chi connectivity index (χ4n) is 2.30. The Morgan fingerprint density at radius 1 is 1.45 bits per heavy atom. The molecular formula is C11H21. The molecule has 65 valence electrons. The lowest BCUT2D eigenvalue weighted by Crippen LogP contribution is -2.29. The van der Waals surface area contributed by atoms with E-state index in [1.165, 1.54) is 32.1 Å². The molecule has 0 spiro atoms. The lowest BCUT2D eigenvalue weighted by Gasteiger charge is -2.39. The van der Waals surface area contributed by atoms with Gasteiger partial charge in [-0.15, -0.1) is 0 Å². The Morgan fingerprint density at radius 2 is 2.18 bits per heavy atom. The van der Waals surface area contributed by atoms with Crippen LogP contribution in [0.3, 0.4) is 0 Å². The monoisotopic (exact) mass is 153 g/mol. The van der Waals surface area contributed by atoms with Crippen LogP contribution in [0.15, 0.2) is 0 Å². The first kappa shape index (κ1) is 9.09. The summed E-state index contributed by atoms with van der Waals surface area (Å²) in [5, 5.41) is 0. The molecule has 1 aliphatic rings. The van der Waals surface area contributed by atoms with E-state index < -0.39 is 0 Å². The van der Waals surface area contributed by atoms with Crippen LogP contribution < -0.4 is 0 Å². The minimum absolute atomic E-state index is 0.562. The van der Waals surface area contributed by atoms with Crippen LogP contribution in [0.4, 0.5) is 0 Å². The highest BCUT2D eigenvalue weighted by atomic mass is 14.4. The summed E-state index contributed by atoms with van der Waals surface area (Å²) in [6, 6.07) is 0. The molecule has 0 heterocycles. The maximum Gasteiger partial charge on any atom is -0.0269 e. The summed E-state index contributed by atoms with van der Waals surface area (Å²) >= 11 is 0. The maximum atomic E-state index is 2.52. The predicted molar refractivity (Wildman–Crippen MR) is 50.3 cm³/mol. The van der Waals surface area contributed by atoms with Crippen molar-refractivity contribution in [2.24, 2.45) is 11.3 Å². The van der Waals surface area contributed by atoms with Crippen LogP contribution in [-0.2, 0) is 0 Å². The lowest BCUT2D eigenvalue weighted by atomic mass is 9.66. The average molecular weight is 153 g/mol. The van der Waals surface area contributed by atoms with Crippen molar-refractivity contribution < 1.29 is 0 Å². The van der Waals surface area contributed by atoms with Gasteiger partial charge in [0.2, 0.25) is 0 Å². The first-order valence-electron chi connectivity index (χ1n) is 5.03. The van der Waals surface area contributed by atoms with Crippen LogP contribution in [0.25, 0.3) is 0 Å². The molecule has 11 heavy (non-hydrogen) atoms. The molecule has 2 atom stereocenters. The van der Waals surface area contributed by atoms with Gasteiger partial charge >= 0.3 is 0 Å². The molecule has 2 unspecified atom stereocenters. The summed E-state index contributed by atoms with van der Waals surface area (Å²) in [6.45, 7) is 7.10. The third kappa shape index (κ3) is 1.98. The summed E-state index contributed by atoms with van der Waals surface area (Å²) in [5.41, 5.74) is 0.562. The van der Waals surface area contributed by atoms with Gasteiger partial charge in [0.1, 0.15) is 0 Å². The smallest absolute Gasteiger partial charge is 0.0269 e. The second-order valence-electron chi connectivity index (χ2n) is 4.27. The zero-order valence-corrected chi connectivity index (χ0v) is 8.19. The van der Waals surface area contributed by atoms with E-state index in [4.69, 9.17) is 0 Å². The molecule has 0 aliphatic heterocycles. The fraction of sp³-hybridized carbons (Fsp3) is 0.909. The molecule has 1 aliphatic carbocycles. The van der Waals surface area contributed by atoms with E-state index in [0.717, 1.165) is 5.92 Å². The summed E-state index contributed by atoms with van der Waals surface area (Å²) in [6.07, 6.45) is 9.51. The average Bonchev–Trinajstić information content (AvgIpc) is 1.96. The Bertz CT molecular complexity index is 113. The Labute approximate surface area is 71.4 Å². The van der Waals surface area contributed by atoms with Crippen molar-refractivity contribution in [3.8, 4) is 0 Å². The normalized spacial score (nSPS) is 39.0. The van der Waals surface area contributed by atoms with Crippen molar-refractivity contribution >= 4 is 0 Å². The number of rotatable bonds is 2. The zero-order chi connectivity index (χ0) is 8.32. The molecule has 0 aromatic rings. The molecule has 0 bridgehead atoms. The van der Waals surface area contributed by atoms with Crippen molar-refractivity contribution in [3.63, 3.8) is 0 Å². The minimum atomic E-state index is 0.562. The molecule has 0 N–H and O–H groups in total. The van der Waals surface area contributed by atoms with E-state index in [0.29, 0.717) is 5.41 Å². The van der Waals surface area contributed by atoms with E-state index in [-0.39, 0.29) is 0 Å². The van der Waals surface area contributed by atoms with Gasteiger partial charge in [0.15, 0.2) is 0 Å². The van der Waals surface area contributed by atoms with Crippen molar-refractivity contribution in [2.45, 2.75) is 52.9 Å². The van der Waals surface area contributed by atoms with Crippen LogP contribution in [0.5, 0.6) is 0 Å². The van der Waals surface area contributed by atoms with Crippen molar-refractivity contribution in [1.82, 2.24) is 0 Å². The van der Waals surface area contributed by atoms with Gasteiger partial charge in [-0.25, -0.2) is 0 Å². The quantitative estimate of drug-likeness (QED) is 0.566. The molecule has 0 aromatic carbocycles. The van der Waals surface area contributed by atoms with Gasteiger partial charge < -0.3 is 0 Å². The predicted octanol–water partition coefficient (Wildman–Crippen LogP) is 3.82.